The lowest BCUT2D eigenvalue weighted by molar-refractivity contribution is 0.0321. The Balaban J connectivity index is 1.40. The smallest absolute Gasteiger partial charge is 0.223 e. The molecule has 0 radical (unpaired) electrons. The maximum absolute atomic E-state index is 6.51. The highest BCUT2D eigenvalue weighted by Gasteiger charge is 2.17. The lowest BCUT2D eigenvalue weighted by atomic mass is 10.1. The molecule has 3 aromatic heterocycles. The number of imidazole rings is 1. The van der Waals surface area contributed by atoms with Crippen LogP contribution in [0.4, 0.5) is 5.82 Å². The first-order valence-electron chi connectivity index (χ1n) is 10.6. The Labute approximate surface area is 190 Å². The van der Waals surface area contributed by atoms with E-state index in [4.69, 9.17) is 26.1 Å². The van der Waals surface area contributed by atoms with Crippen LogP contribution in [0.5, 0.6) is 5.88 Å². The number of halogens is 1. The van der Waals surface area contributed by atoms with Crippen LogP contribution < -0.4 is 10.1 Å². The van der Waals surface area contributed by atoms with E-state index in [9.17, 15) is 0 Å². The van der Waals surface area contributed by atoms with Gasteiger partial charge in [-0.05, 0) is 24.4 Å². The summed E-state index contributed by atoms with van der Waals surface area (Å²) in [6.07, 6.45) is 3.11. The van der Waals surface area contributed by atoms with Crippen LogP contribution in [0.2, 0.25) is 5.02 Å². The summed E-state index contributed by atoms with van der Waals surface area (Å²) in [6.45, 7) is 6.72. The van der Waals surface area contributed by atoms with Gasteiger partial charge in [-0.2, -0.15) is 0 Å². The molecule has 0 unspecified atom stereocenters. The number of nitrogens with zero attached hydrogens (tertiary/aromatic N) is 5. The summed E-state index contributed by atoms with van der Waals surface area (Å²) < 4.78 is 11.6. The molecule has 1 fully saturated rings. The number of benzene rings is 1. The van der Waals surface area contributed by atoms with Gasteiger partial charge >= 0.3 is 0 Å². The summed E-state index contributed by atoms with van der Waals surface area (Å²) in [6, 6.07) is 7.69. The van der Waals surface area contributed by atoms with Gasteiger partial charge < -0.3 is 19.8 Å². The third-order valence-corrected chi connectivity index (χ3v) is 5.87. The van der Waals surface area contributed by atoms with Crippen molar-refractivity contribution in [2.75, 3.05) is 44.8 Å². The highest BCUT2D eigenvalue weighted by Crippen LogP contribution is 2.33. The minimum absolute atomic E-state index is 0.144. The fourth-order valence-corrected chi connectivity index (χ4v) is 4.09. The minimum Gasteiger partial charge on any atom is -0.476 e. The number of fused-ring (bicyclic) bond motifs is 2. The van der Waals surface area contributed by atoms with Crippen LogP contribution in [0.1, 0.15) is 18.7 Å². The monoisotopic (exact) mass is 453 g/mol. The zero-order chi connectivity index (χ0) is 21.9. The Bertz CT molecular complexity index is 1230. The topological polar surface area (TPSA) is 101 Å². The van der Waals surface area contributed by atoms with Crippen LogP contribution in [0.3, 0.4) is 0 Å². The largest absolute Gasteiger partial charge is 0.476 e. The number of aromatic amines is 1. The molecule has 0 aliphatic carbocycles. The maximum Gasteiger partial charge on any atom is 0.223 e. The van der Waals surface area contributed by atoms with Crippen molar-refractivity contribution in [3.8, 4) is 5.88 Å². The number of hydrogen-bond donors (Lipinski definition) is 2. The molecular weight excluding hydrogens is 430 g/mol. The van der Waals surface area contributed by atoms with Crippen molar-refractivity contribution in [2.24, 2.45) is 0 Å². The maximum atomic E-state index is 6.51. The summed E-state index contributed by atoms with van der Waals surface area (Å²) in [7, 11) is 0. The van der Waals surface area contributed by atoms with Crippen molar-refractivity contribution in [1.82, 2.24) is 29.8 Å². The number of rotatable bonds is 7. The van der Waals surface area contributed by atoms with Gasteiger partial charge in [-0.1, -0.05) is 23.7 Å². The van der Waals surface area contributed by atoms with Crippen LogP contribution in [-0.2, 0) is 4.74 Å². The molecule has 1 saturated heterocycles. The average Bonchev–Trinajstić information content (AvgIpc) is 3.30. The molecule has 0 amide bonds. The van der Waals surface area contributed by atoms with Gasteiger partial charge in [0.2, 0.25) is 5.88 Å². The van der Waals surface area contributed by atoms with E-state index in [2.05, 4.69) is 30.2 Å². The fraction of sp³-hybridized carbons (Fsp3) is 0.364. The molecule has 166 valence electrons. The second kappa shape index (κ2) is 9.23. The van der Waals surface area contributed by atoms with Crippen molar-refractivity contribution in [3.63, 3.8) is 0 Å². The van der Waals surface area contributed by atoms with Crippen LogP contribution >= 0.6 is 11.6 Å². The Hall–Kier alpha value is -3.01. The van der Waals surface area contributed by atoms with E-state index >= 15 is 0 Å². The van der Waals surface area contributed by atoms with Gasteiger partial charge in [0.1, 0.15) is 18.5 Å². The van der Waals surface area contributed by atoms with Gasteiger partial charge in [0, 0.05) is 19.6 Å². The summed E-state index contributed by atoms with van der Waals surface area (Å²) in [5.41, 5.74) is 2.19. The SMILES string of the molecule is C[C@H](Nc1ncnc2[nH]cnc12)c1cc2cccc(Cl)c2c(OCCN2CCOCC2)n1. The molecular formula is C22H24ClN7O2. The molecule has 5 rings (SSSR count). The number of morpholine rings is 1. The van der Waals surface area contributed by atoms with E-state index in [0.29, 0.717) is 34.5 Å². The predicted octanol–water partition coefficient (Wildman–Crippen LogP) is 3.44. The highest BCUT2D eigenvalue weighted by atomic mass is 35.5. The molecule has 9 nitrogen and oxygen atoms in total. The van der Waals surface area contributed by atoms with Crippen LogP contribution in [0.25, 0.3) is 21.9 Å². The number of ether oxygens (including phenoxy) is 2. The second-order valence-electron chi connectivity index (χ2n) is 7.68. The molecule has 1 aliphatic rings. The number of H-pyrrole nitrogens is 1. The molecule has 1 atom stereocenters. The average molecular weight is 454 g/mol. The molecule has 10 heteroatoms. The van der Waals surface area contributed by atoms with Crippen molar-refractivity contribution >= 4 is 39.4 Å². The molecule has 0 bridgehead atoms. The van der Waals surface area contributed by atoms with E-state index in [0.717, 1.165) is 49.3 Å². The van der Waals surface area contributed by atoms with E-state index in [1.54, 1.807) is 6.33 Å². The Morgan fingerprint density at radius 2 is 2.12 bits per heavy atom. The van der Waals surface area contributed by atoms with Crippen molar-refractivity contribution in [2.45, 2.75) is 13.0 Å². The quantitative estimate of drug-likeness (QED) is 0.439. The van der Waals surface area contributed by atoms with Gasteiger partial charge in [0.05, 0.1) is 41.7 Å². The van der Waals surface area contributed by atoms with E-state index < -0.39 is 0 Å². The molecule has 1 aliphatic heterocycles. The van der Waals surface area contributed by atoms with Crippen molar-refractivity contribution in [3.05, 3.63) is 47.6 Å². The number of nitrogens with one attached hydrogen (secondary N) is 2. The second-order valence-corrected chi connectivity index (χ2v) is 8.09. The summed E-state index contributed by atoms with van der Waals surface area (Å²) in [5.74, 6) is 1.18. The summed E-state index contributed by atoms with van der Waals surface area (Å²) in [4.78, 5) is 23.0. The van der Waals surface area contributed by atoms with Gasteiger partial charge in [-0.25, -0.2) is 19.9 Å². The normalized spacial score (nSPS) is 15.8. The third kappa shape index (κ3) is 4.32. The Morgan fingerprint density at radius 1 is 1.25 bits per heavy atom. The van der Waals surface area contributed by atoms with Crippen LogP contribution in [0.15, 0.2) is 36.9 Å². The van der Waals surface area contributed by atoms with Crippen LogP contribution in [0, 0.1) is 0 Å². The van der Waals surface area contributed by atoms with Gasteiger partial charge in [0.25, 0.3) is 0 Å². The molecule has 2 N–H and O–H groups in total. The molecule has 0 spiro atoms. The zero-order valence-corrected chi connectivity index (χ0v) is 18.5. The van der Waals surface area contributed by atoms with Crippen molar-refractivity contribution < 1.29 is 9.47 Å². The number of anilines is 1. The molecule has 4 aromatic rings. The van der Waals surface area contributed by atoms with Crippen LogP contribution in [-0.4, -0.2) is 69.3 Å². The Morgan fingerprint density at radius 3 is 3.00 bits per heavy atom. The van der Waals surface area contributed by atoms with E-state index in [-0.39, 0.29) is 6.04 Å². The standard InChI is InChI=1S/C22H24ClN7O2/c1-14(28-21-19-20(25-12-24-19)26-13-27-21)17-11-15-3-2-4-16(23)18(15)22(29-17)32-10-7-30-5-8-31-9-6-30/h2-4,11-14H,5-10H2,1H3,(H2,24,25,26,27,28)/t14-/m0/s1. The van der Waals surface area contributed by atoms with E-state index in [1.165, 1.54) is 6.33 Å². The zero-order valence-electron chi connectivity index (χ0n) is 17.7. The number of hydrogen-bond acceptors (Lipinski definition) is 8. The first kappa shape index (κ1) is 20.9. The summed E-state index contributed by atoms with van der Waals surface area (Å²) in [5, 5.41) is 5.82. The number of pyridine rings is 1. The first-order valence-corrected chi connectivity index (χ1v) is 11.0. The predicted molar refractivity (Wildman–Crippen MR) is 123 cm³/mol. The third-order valence-electron chi connectivity index (χ3n) is 5.56. The first-order chi connectivity index (χ1) is 15.7. The van der Waals surface area contributed by atoms with E-state index in [1.807, 2.05) is 31.2 Å². The fourth-order valence-electron chi connectivity index (χ4n) is 3.82. The number of aromatic nitrogens is 5. The van der Waals surface area contributed by atoms with Gasteiger partial charge in [-0.15, -0.1) is 0 Å². The van der Waals surface area contributed by atoms with Gasteiger partial charge in [0.15, 0.2) is 11.5 Å². The molecule has 0 saturated carbocycles. The highest BCUT2D eigenvalue weighted by molar-refractivity contribution is 6.36. The Kier molecular flexibility index (Phi) is 6.02. The minimum atomic E-state index is -0.144. The molecule has 32 heavy (non-hydrogen) atoms. The summed E-state index contributed by atoms with van der Waals surface area (Å²) >= 11 is 6.51. The van der Waals surface area contributed by atoms with Gasteiger partial charge in [-0.3, -0.25) is 4.90 Å². The molecule has 1 aromatic carbocycles. The van der Waals surface area contributed by atoms with Crippen molar-refractivity contribution in [1.29, 1.82) is 0 Å². The molecule has 4 heterocycles. The lowest BCUT2D eigenvalue weighted by Crippen LogP contribution is -2.38. The lowest BCUT2D eigenvalue weighted by Gasteiger charge is -2.26.